The van der Waals surface area contributed by atoms with E-state index in [4.69, 9.17) is 4.74 Å². The highest BCUT2D eigenvalue weighted by Crippen LogP contribution is 2.58. The summed E-state index contributed by atoms with van der Waals surface area (Å²) in [5, 5.41) is 10.6. The summed E-state index contributed by atoms with van der Waals surface area (Å²) in [7, 11) is 0. The highest BCUT2D eigenvalue weighted by Gasteiger charge is 2.58. The number of hydrogen-bond acceptors (Lipinski definition) is 2. The zero-order valence-corrected chi connectivity index (χ0v) is 11.0. The van der Waals surface area contributed by atoms with Crippen LogP contribution in [0.5, 0.6) is 0 Å². The molecule has 2 saturated carbocycles. The van der Waals surface area contributed by atoms with Gasteiger partial charge in [-0.1, -0.05) is 19.1 Å². The smallest absolute Gasteiger partial charge is 0.168 e. The van der Waals surface area contributed by atoms with Gasteiger partial charge in [-0.3, -0.25) is 0 Å². The summed E-state index contributed by atoms with van der Waals surface area (Å²) >= 11 is 0. The van der Waals surface area contributed by atoms with Crippen LogP contribution in [-0.4, -0.2) is 17.0 Å². The van der Waals surface area contributed by atoms with Gasteiger partial charge in [0.15, 0.2) is 5.79 Å². The van der Waals surface area contributed by atoms with Crippen molar-refractivity contribution in [3.05, 3.63) is 12.2 Å². The minimum Gasteiger partial charge on any atom is -0.365 e. The van der Waals surface area contributed by atoms with Gasteiger partial charge < -0.3 is 9.84 Å². The van der Waals surface area contributed by atoms with Gasteiger partial charge in [0, 0.05) is 12.3 Å². The molecule has 5 aliphatic rings. The van der Waals surface area contributed by atoms with Gasteiger partial charge >= 0.3 is 0 Å². The standard InChI is InChI=1S/C15H24O2/c1-10(2)11-4-5-12-9-14(3)6-7-15(12,16)17-13(14)8-11/h11-13,16H,1,4-9H2,2-3H3/t11-,12-,13+,14+,15-/m0/s1. The monoisotopic (exact) mass is 236 g/mol. The zero-order valence-electron chi connectivity index (χ0n) is 11.0. The highest BCUT2D eigenvalue weighted by atomic mass is 16.6. The fourth-order valence-corrected chi connectivity index (χ4v) is 4.22. The Hall–Kier alpha value is -0.340. The van der Waals surface area contributed by atoms with Crippen LogP contribution in [0.1, 0.15) is 52.4 Å². The summed E-state index contributed by atoms with van der Waals surface area (Å²) in [6.45, 7) is 8.60. The Bertz CT molecular complexity index is 351. The lowest BCUT2D eigenvalue weighted by atomic mass is 9.58. The van der Waals surface area contributed by atoms with Crippen LogP contribution < -0.4 is 0 Å². The molecule has 0 aromatic carbocycles. The van der Waals surface area contributed by atoms with E-state index in [2.05, 4.69) is 20.4 Å². The maximum atomic E-state index is 10.6. The summed E-state index contributed by atoms with van der Waals surface area (Å²) < 4.78 is 6.07. The lowest BCUT2D eigenvalue weighted by molar-refractivity contribution is -0.355. The van der Waals surface area contributed by atoms with Crippen molar-refractivity contribution in [2.24, 2.45) is 17.3 Å². The van der Waals surface area contributed by atoms with Crippen LogP contribution in [0.4, 0.5) is 0 Å². The van der Waals surface area contributed by atoms with Gasteiger partial charge in [-0.25, -0.2) is 0 Å². The summed E-state index contributed by atoms with van der Waals surface area (Å²) in [5.41, 5.74) is 1.58. The van der Waals surface area contributed by atoms with Crippen molar-refractivity contribution >= 4 is 0 Å². The van der Waals surface area contributed by atoms with Gasteiger partial charge in [-0.2, -0.15) is 0 Å². The largest absolute Gasteiger partial charge is 0.365 e. The third kappa shape index (κ3) is 1.68. The minimum absolute atomic E-state index is 0.236. The van der Waals surface area contributed by atoms with Crippen LogP contribution in [0, 0.1) is 17.3 Å². The molecule has 0 spiro atoms. The Labute approximate surface area is 104 Å². The lowest BCUT2D eigenvalue weighted by Crippen LogP contribution is -2.61. The first-order valence-corrected chi connectivity index (χ1v) is 6.98. The molecule has 0 amide bonds. The molecule has 1 N–H and O–H groups in total. The van der Waals surface area contributed by atoms with Crippen molar-refractivity contribution in [3.8, 4) is 0 Å². The van der Waals surface area contributed by atoms with Crippen molar-refractivity contribution in [2.75, 3.05) is 0 Å². The lowest BCUT2D eigenvalue weighted by Gasteiger charge is -2.60. The third-order valence-electron chi connectivity index (χ3n) is 5.59. The first kappa shape index (κ1) is 11.7. The van der Waals surface area contributed by atoms with Gasteiger partial charge in [0.05, 0.1) is 6.10 Å². The Morgan fingerprint density at radius 3 is 2.82 bits per heavy atom. The molecule has 3 saturated heterocycles. The van der Waals surface area contributed by atoms with Gasteiger partial charge in [0.2, 0.25) is 0 Å². The average molecular weight is 236 g/mol. The van der Waals surface area contributed by atoms with Crippen LogP contribution in [0.25, 0.3) is 0 Å². The van der Waals surface area contributed by atoms with E-state index in [9.17, 15) is 5.11 Å². The summed E-state index contributed by atoms with van der Waals surface area (Å²) in [6.07, 6.45) is 6.67. The molecule has 96 valence electrons. The molecule has 4 bridgehead atoms. The van der Waals surface area contributed by atoms with Crippen LogP contribution in [0.2, 0.25) is 0 Å². The van der Waals surface area contributed by atoms with Gasteiger partial charge in [-0.05, 0) is 50.4 Å². The van der Waals surface area contributed by atoms with E-state index in [0.717, 1.165) is 32.1 Å². The second kappa shape index (κ2) is 3.58. The zero-order chi connectivity index (χ0) is 12.3. The fraction of sp³-hybridized carbons (Fsp3) is 0.867. The molecule has 0 aromatic heterocycles. The summed E-state index contributed by atoms with van der Waals surface area (Å²) in [6, 6.07) is 0. The van der Waals surface area contributed by atoms with Crippen molar-refractivity contribution in [3.63, 3.8) is 0 Å². The number of aliphatic hydroxyl groups is 1. The maximum Gasteiger partial charge on any atom is 0.168 e. The molecule has 2 nitrogen and oxygen atoms in total. The Morgan fingerprint density at radius 2 is 2.12 bits per heavy atom. The Balaban J connectivity index is 1.91. The second-order valence-corrected chi connectivity index (χ2v) is 6.86. The van der Waals surface area contributed by atoms with Crippen LogP contribution in [0.3, 0.4) is 0 Å². The van der Waals surface area contributed by atoms with Crippen molar-refractivity contribution in [1.82, 2.24) is 0 Å². The topological polar surface area (TPSA) is 29.5 Å². The normalized spacial score (nSPS) is 53.2. The molecule has 0 unspecified atom stereocenters. The molecule has 0 aromatic rings. The molecule has 2 heteroatoms. The molecular formula is C15H24O2. The van der Waals surface area contributed by atoms with E-state index >= 15 is 0 Å². The van der Waals surface area contributed by atoms with Crippen molar-refractivity contribution in [1.29, 1.82) is 0 Å². The van der Waals surface area contributed by atoms with E-state index in [1.165, 1.54) is 12.0 Å². The van der Waals surface area contributed by atoms with Crippen LogP contribution >= 0.6 is 0 Å². The number of rotatable bonds is 1. The Kier molecular flexibility index (Phi) is 2.47. The molecule has 5 atom stereocenters. The van der Waals surface area contributed by atoms with E-state index < -0.39 is 5.79 Å². The molecule has 17 heavy (non-hydrogen) atoms. The fourth-order valence-electron chi connectivity index (χ4n) is 4.22. The molecule has 2 aliphatic carbocycles. The average Bonchev–Trinajstić information content (AvgIpc) is 2.23. The molecule has 0 radical (unpaired) electrons. The molecular weight excluding hydrogens is 212 g/mol. The third-order valence-corrected chi connectivity index (χ3v) is 5.59. The van der Waals surface area contributed by atoms with E-state index in [0.29, 0.717) is 17.3 Å². The number of ether oxygens (including phenoxy) is 1. The van der Waals surface area contributed by atoms with E-state index in [-0.39, 0.29) is 6.10 Å². The first-order chi connectivity index (χ1) is 7.93. The molecule has 5 fully saturated rings. The second-order valence-electron chi connectivity index (χ2n) is 6.86. The van der Waals surface area contributed by atoms with Gasteiger partial charge in [0.25, 0.3) is 0 Å². The van der Waals surface area contributed by atoms with Crippen LogP contribution in [0.15, 0.2) is 12.2 Å². The molecule has 3 heterocycles. The van der Waals surface area contributed by atoms with Gasteiger partial charge in [0.1, 0.15) is 0 Å². The minimum atomic E-state index is -0.803. The number of allylic oxidation sites excluding steroid dienone is 1. The number of hydrogen-bond donors (Lipinski definition) is 1. The summed E-state index contributed by atoms with van der Waals surface area (Å²) in [5.74, 6) is 0.132. The van der Waals surface area contributed by atoms with E-state index in [1.807, 2.05) is 0 Å². The van der Waals surface area contributed by atoms with Crippen molar-refractivity contribution in [2.45, 2.75) is 64.3 Å². The van der Waals surface area contributed by atoms with Crippen molar-refractivity contribution < 1.29 is 9.84 Å². The molecule has 5 rings (SSSR count). The van der Waals surface area contributed by atoms with Gasteiger partial charge in [-0.15, -0.1) is 0 Å². The predicted molar refractivity (Wildman–Crippen MR) is 67.4 cm³/mol. The summed E-state index contributed by atoms with van der Waals surface area (Å²) in [4.78, 5) is 0. The van der Waals surface area contributed by atoms with Crippen LogP contribution in [-0.2, 0) is 4.74 Å². The quantitative estimate of drug-likeness (QED) is 0.708. The Morgan fingerprint density at radius 1 is 1.35 bits per heavy atom. The van der Waals surface area contributed by atoms with E-state index in [1.54, 1.807) is 0 Å². The highest BCUT2D eigenvalue weighted by molar-refractivity contribution is 5.08. The molecule has 3 aliphatic heterocycles. The number of fused-ring (bicyclic) bond motifs is 4. The first-order valence-electron chi connectivity index (χ1n) is 6.98. The SMILES string of the molecule is C=C(C)[C@H]1CC[C@H]2C[C@@]3(C)CC[C@]2(O)O[C@@H]3C1. The maximum absolute atomic E-state index is 10.6. The predicted octanol–water partition coefficient (Wildman–Crippen LogP) is 3.26.